The SMILES string of the molecule is O=C1NC2(CCCCC2)NN1c1ccc(Br)cc1. The van der Waals surface area contributed by atoms with E-state index in [2.05, 4.69) is 26.7 Å². The van der Waals surface area contributed by atoms with E-state index in [1.54, 1.807) is 5.01 Å². The van der Waals surface area contributed by atoms with Gasteiger partial charge in [0.1, 0.15) is 5.66 Å². The molecular weight excluding hydrogens is 294 g/mol. The highest BCUT2D eigenvalue weighted by molar-refractivity contribution is 9.10. The van der Waals surface area contributed by atoms with Crippen molar-refractivity contribution in [3.63, 3.8) is 0 Å². The van der Waals surface area contributed by atoms with Gasteiger partial charge >= 0.3 is 6.03 Å². The fourth-order valence-electron chi connectivity index (χ4n) is 2.72. The van der Waals surface area contributed by atoms with Crippen LogP contribution in [0, 0.1) is 0 Å². The smallest absolute Gasteiger partial charge is 0.317 e. The van der Waals surface area contributed by atoms with Gasteiger partial charge in [0.05, 0.1) is 5.69 Å². The molecule has 2 fully saturated rings. The van der Waals surface area contributed by atoms with Gasteiger partial charge in [-0.05, 0) is 49.9 Å². The van der Waals surface area contributed by atoms with Gasteiger partial charge in [0.25, 0.3) is 0 Å². The van der Waals surface area contributed by atoms with E-state index in [0.717, 1.165) is 23.0 Å². The van der Waals surface area contributed by atoms with Crippen molar-refractivity contribution in [1.82, 2.24) is 10.7 Å². The summed E-state index contributed by atoms with van der Waals surface area (Å²) in [6.07, 6.45) is 5.61. The monoisotopic (exact) mass is 309 g/mol. The minimum Gasteiger partial charge on any atom is -0.317 e. The molecule has 0 radical (unpaired) electrons. The fourth-order valence-corrected chi connectivity index (χ4v) is 2.98. The lowest BCUT2D eigenvalue weighted by Crippen LogP contribution is -2.52. The second kappa shape index (κ2) is 4.55. The van der Waals surface area contributed by atoms with Crippen LogP contribution in [0.1, 0.15) is 32.1 Å². The summed E-state index contributed by atoms with van der Waals surface area (Å²) in [4.78, 5) is 12.1. The number of amides is 2. The van der Waals surface area contributed by atoms with E-state index in [4.69, 9.17) is 0 Å². The molecule has 2 amide bonds. The lowest BCUT2D eigenvalue weighted by molar-refractivity contribution is 0.222. The largest absolute Gasteiger partial charge is 0.338 e. The molecule has 4 nitrogen and oxygen atoms in total. The minimum absolute atomic E-state index is 0.0563. The van der Waals surface area contributed by atoms with Gasteiger partial charge in [-0.2, -0.15) is 0 Å². The van der Waals surface area contributed by atoms with Crippen LogP contribution >= 0.6 is 15.9 Å². The average molecular weight is 310 g/mol. The van der Waals surface area contributed by atoms with Crippen molar-refractivity contribution in [2.75, 3.05) is 5.01 Å². The molecule has 1 spiro atoms. The molecule has 5 heteroatoms. The third-order valence-corrected chi connectivity index (χ3v) is 4.20. The molecule has 18 heavy (non-hydrogen) atoms. The Kier molecular flexibility index (Phi) is 3.03. The van der Waals surface area contributed by atoms with Crippen LogP contribution in [0.2, 0.25) is 0 Å². The van der Waals surface area contributed by atoms with Gasteiger partial charge in [-0.15, -0.1) is 0 Å². The van der Waals surface area contributed by atoms with E-state index < -0.39 is 0 Å². The first-order valence-corrected chi connectivity index (χ1v) is 7.14. The lowest BCUT2D eigenvalue weighted by Gasteiger charge is -2.33. The van der Waals surface area contributed by atoms with Crippen LogP contribution in [-0.4, -0.2) is 11.7 Å². The molecule has 1 saturated carbocycles. The summed E-state index contributed by atoms with van der Waals surface area (Å²) < 4.78 is 1.01. The quantitative estimate of drug-likeness (QED) is 0.837. The Morgan fingerprint density at radius 2 is 1.78 bits per heavy atom. The molecule has 2 aliphatic rings. The standard InChI is InChI=1S/C13H16BrN3O/c14-10-4-6-11(7-5-10)17-12(18)15-13(16-17)8-2-1-3-9-13/h4-7,16H,1-3,8-9H2,(H,15,18). The van der Waals surface area contributed by atoms with Crippen LogP contribution in [0.3, 0.4) is 0 Å². The number of carbonyl (C=O) groups is 1. The molecule has 3 rings (SSSR count). The predicted molar refractivity (Wildman–Crippen MR) is 74.1 cm³/mol. The number of hydrazine groups is 1. The number of nitrogens with zero attached hydrogens (tertiary/aromatic N) is 1. The second-order valence-electron chi connectivity index (χ2n) is 5.00. The highest BCUT2D eigenvalue weighted by Crippen LogP contribution is 2.31. The number of hydrogen-bond acceptors (Lipinski definition) is 2. The van der Waals surface area contributed by atoms with Crippen LogP contribution in [-0.2, 0) is 0 Å². The Labute approximate surface area is 115 Å². The molecule has 2 N–H and O–H groups in total. The molecule has 0 atom stereocenters. The predicted octanol–water partition coefficient (Wildman–Crippen LogP) is 3.14. The summed E-state index contributed by atoms with van der Waals surface area (Å²) >= 11 is 3.40. The van der Waals surface area contributed by atoms with Crippen molar-refractivity contribution in [3.8, 4) is 0 Å². The van der Waals surface area contributed by atoms with Crippen molar-refractivity contribution in [2.45, 2.75) is 37.8 Å². The van der Waals surface area contributed by atoms with E-state index >= 15 is 0 Å². The Morgan fingerprint density at radius 1 is 1.11 bits per heavy atom. The van der Waals surface area contributed by atoms with Gasteiger partial charge in [0.15, 0.2) is 0 Å². The minimum atomic E-state index is -0.220. The fraction of sp³-hybridized carbons (Fsp3) is 0.462. The lowest BCUT2D eigenvalue weighted by atomic mass is 9.90. The number of rotatable bonds is 1. The number of urea groups is 1. The molecule has 0 bridgehead atoms. The number of benzene rings is 1. The molecule has 0 unspecified atom stereocenters. The number of hydrogen-bond donors (Lipinski definition) is 2. The summed E-state index contributed by atoms with van der Waals surface area (Å²) in [7, 11) is 0. The first-order chi connectivity index (χ1) is 8.69. The number of halogens is 1. The highest BCUT2D eigenvalue weighted by atomic mass is 79.9. The van der Waals surface area contributed by atoms with E-state index in [0.29, 0.717) is 0 Å². The molecule has 96 valence electrons. The van der Waals surface area contributed by atoms with Gasteiger partial charge in [-0.1, -0.05) is 22.4 Å². The van der Waals surface area contributed by atoms with E-state index in [1.165, 1.54) is 19.3 Å². The van der Waals surface area contributed by atoms with Gasteiger partial charge in [-0.25, -0.2) is 15.2 Å². The molecular formula is C13H16BrN3O. The third-order valence-electron chi connectivity index (χ3n) is 3.67. The first-order valence-electron chi connectivity index (χ1n) is 6.34. The maximum absolute atomic E-state index is 12.1. The zero-order valence-electron chi connectivity index (χ0n) is 10.1. The van der Waals surface area contributed by atoms with Crippen molar-refractivity contribution < 1.29 is 4.79 Å². The second-order valence-corrected chi connectivity index (χ2v) is 5.91. The molecule has 0 aromatic heterocycles. The van der Waals surface area contributed by atoms with Crippen LogP contribution in [0.25, 0.3) is 0 Å². The van der Waals surface area contributed by atoms with Crippen LogP contribution < -0.4 is 15.8 Å². The highest BCUT2D eigenvalue weighted by Gasteiger charge is 2.43. The van der Waals surface area contributed by atoms with E-state index in [-0.39, 0.29) is 11.7 Å². The molecule has 1 aromatic rings. The first kappa shape index (κ1) is 12.0. The van der Waals surface area contributed by atoms with Gasteiger partial charge in [0, 0.05) is 4.47 Å². The summed E-state index contributed by atoms with van der Waals surface area (Å²) in [5, 5.41) is 4.72. The average Bonchev–Trinajstić information content (AvgIpc) is 2.68. The van der Waals surface area contributed by atoms with Crippen molar-refractivity contribution in [3.05, 3.63) is 28.7 Å². The third kappa shape index (κ3) is 2.12. The number of nitrogens with one attached hydrogen (secondary N) is 2. The Balaban J connectivity index is 1.82. The molecule has 1 saturated heterocycles. The van der Waals surface area contributed by atoms with Crippen LogP contribution in [0.4, 0.5) is 10.5 Å². The van der Waals surface area contributed by atoms with Gasteiger partial charge in [0.2, 0.25) is 0 Å². The van der Waals surface area contributed by atoms with E-state index in [1.807, 2.05) is 24.3 Å². The van der Waals surface area contributed by atoms with Crippen molar-refractivity contribution >= 4 is 27.6 Å². The molecule has 1 aliphatic carbocycles. The molecule has 1 heterocycles. The van der Waals surface area contributed by atoms with Crippen molar-refractivity contribution in [1.29, 1.82) is 0 Å². The van der Waals surface area contributed by atoms with Crippen molar-refractivity contribution in [2.24, 2.45) is 0 Å². The number of anilines is 1. The summed E-state index contributed by atoms with van der Waals surface area (Å²) in [5.41, 5.74) is 4.00. The Hall–Kier alpha value is -1.07. The van der Waals surface area contributed by atoms with Crippen LogP contribution in [0.5, 0.6) is 0 Å². The summed E-state index contributed by atoms with van der Waals surface area (Å²) in [5.74, 6) is 0. The van der Waals surface area contributed by atoms with E-state index in [9.17, 15) is 4.79 Å². The summed E-state index contributed by atoms with van der Waals surface area (Å²) in [6, 6.07) is 7.68. The maximum Gasteiger partial charge on any atom is 0.338 e. The zero-order chi connectivity index (χ0) is 12.6. The molecule has 1 aliphatic heterocycles. The van der Waals surface area contributed by atoms with Crippen LogP contribution in [0.15, 0.2) is 28.7 Å². The topological polar surface area (TPSA) is 44.4 Å². The van der Waals surface area contributed by atoms with Gasteiger partial charge in [-0.3, -0.25) is 0 Å². The summed E-state index contributed by atoms with van der Waals surface area (Å²) in [6.45, 7) is 0. The molecule has 1 aromatic carbocycles. The zero-order valence-corrected chi connectivity index (χ0v) is 11.7. The number of carbonyl (C=O) groups excluding carboxylic acids is 1. The Morgan fingerprint density at radius 3 is 2.44 bits per heavy atom. The van der Waals surface area contributed by atoms with Gasteiger partial charge < -0.3 is 5.32 Å². The Bertz CT molecular complexity index is 454. The maximum atomic E-state index is 12.1. The normalized spacial score (nSPS) is 22.3.